The van der Waals surface area contributed by atoms with Gasteiger partial charge in [0, 0.05) is 5.41 Å². The van der Waals surface area contributed by atoms with Crippen molar-refractivity contribution in [3.8, 4) is 0 Å². The summed E-state index contributed by atoms with van der Waals surface area (Å²) in [5.41, 5.74) is 3.85. The molecule has 28 heavy (non-hydrogen) atoms. The first kappa shape index (κ1) is 20.5. The van der Waals surface area contributed by atoms with Crippen LogP contribution in [0.4, 0.5) is 0 Å². The quantitative estimate of drug-likeness (QED) is 0.503. The van der Waals surface area contributed by atoms with Gasteiger partial charge < -0.3 is 5.11 Å². The number of aliphatic hydroxyl groups excluding tert-OH is 1. The van der Waals surface area contributed by atoms with Crippen LogP contribution >= 0.6 is 0 Å². The number of hydrogen-bond acceptors (Lipinski definition) is 1. The number of rotatable bonds is 5. The van der Waals surface area contributed by atoms with Crippen LogP contribution in [0.1, 0.15) is 86.0 Å². The lowest BCUT2D eigenvalue weighted by Gasteiger charge is -2.53. The third-order valence-electron chi connectivity index (χ3n) is 9.30. The average molecular weight is 383 g/mol. The van der Waals surface area contributed by atoms with Crippen LogP contribution in [-0.4, -0.2) is 11.2 Å². The molecule has 4 aliphatic rings. The molecule has 0 aromatic carbocycles. The predicted octanol–water partition coefficient (Wildman–Crippen LogP) is 7.08. The largest absolute Gasteiger partial charge is 0.389 e. The van der Waals surface area contributed by atoms with Crippen molar-refractivity contribution in [2.24, 2.45) is 40.4 Å². The lowest BCUT2D eigenvalue weighted by molar-refractivity contribution is 0.0593. The van der Waals surface area contributed by atoms with Crippen molar-refractivity contribution < 1.29 is 5.11 Å². The van der Waals surface area contributed by atoms with Crippen LogP contribution in [0.3, 0.4) is 0 Å². The maximum absolute atomic E-state index is 10.1. The van der Waals surface area contributed by atoms with Gasteiger partial charge >= 0.3 is 0 Å². The fourth-order valence-corrected chi connectivity index (χ4v) is 7.61. The molecule has 0 amide bonds. The van der Waals surface area contributed by atoms with Gasteiger partial charge in [-0.3, -0.25) is 0 Å². The third kappa shape index (κ3) is 3.26. The van der Waals surface area contributed by atoms with Crippen molar-refractivity contribution in [1.29, 1.82) is 0 Å². The van der Waals surface area contributed by atoms with E-state index in [2.05, 4.69) is 58.9 Å². The molecule has 0 aromatic rings. The topological polar surface area (TPSA) is 20.2 Å². The highest BCUT2D eigenvalue weighted by Crippen LogP contribution is 2.65. The minimum Gasteiger partial charge on any atom is -0.389 e. The molecular weight excluding hydrogens is 340 g/mol. The van der Waals surface area contributed by atoms with Crippen molar-refractivity contribution in [1.82, 2.24) is 0 Å². The molecule has 2 saturated carbocycles. The van der Waals surface area contributed by atoms with Crippen molar-refractivity contribution in [3.63, 3.8) is 0 Å². The van der Waals surface area contributed by atoms with Crippen LogP contribution in [0.5, 0.6) is 0 Å². The van der Waals surface area contributed by atoms with Gasteiger partial charge in [0.2, 0.25) is 0 Å². The first-order valence-electron chi connectivity index (χ1n) is 12.0. The van der Waals surface area contributed by atoms with Gasteiger partial charge in [-0.1, -0.05) is 89.3 Å². The van der Waals surface area contributed by atoms with E-state index in [1.165, 1.54) is 50.5 Å². The molecule has 1 N–H and O–H groups in total. The van der Waals surface area contributed by atoms with Crippen LogP contribution in [0.2, 0.25) is 0 Å². The highest BCUT2D eigenvalue weighted by Gasteiger charge is 2.56. The Morgan fingerprint density at radius 3 is 2.57 bits per heavy atom. The number of fused-ring (bicyclic) bond motifs is 5. The molecule has 7 atom stereocenters. The molecule has 0 spiro atoms. The van der Waals surface area contributed by atoms with Gasteiger partial charge in [0.1, 0.15) is 0 Å². The Hall–Kier alpha value is -0.820. The molecule has 0 saturated heterocycles. The molecule has 1 unspecified atom stereocenters. The molecular formula is C27H42O. The number of hydrogen-bond donors (Lipinski definition) is 1. The lowest BCUT2D eigenvalue weighted by Crippen LogP contribution is -2.45. The van der Waals surface area contributed by atoms with Crippen LogP contribution in [0.25, 0.3) is 0 Å². The van der Waals surface area contributed by atoms with Crippen molar-refractivity contribution in [2.45, 2.75) is 92.1 Å². The molecule has 0 aliphatic heterocycles. The van der Waals surface area contributed by atoms with Crippen molar-refractivity contribution in [2.75, 3.05) is 0 Å². The molecule has 4 rings (SSSR count). The van der Waals surface area contributed by atoms with Crippen LogP contribution in [0, 0.1) is 40.4 Å². The van der Waals surface area contributed by atoms with Gasteiger partial charge in [-0.05, 0) is 67.1 Å². The van der Waals surface area contributed by atoms with Gasteiger partial charge in [0.15, 0.2) is 0 Å². The summed E-state index contributed by atoms with van der Waals surface area (Å²) in [4.78, 5) is 0. The lowest BCUT2D eigenvalue weighted by atomic mass is 9.51. The smallest absolute Gasteiger partial charge is 0.0758 e. The highest BCUT2D eigenvalue weighted by atomic mass is 16.3. The predicted molar refractivity (Wildman–Crippen MR) is 119 cm³/mol. The Morgan fingerprint density at radius 2 is 1.82 bits per heavy atom. The monoisotopic (exact) mass is 382 g/mol. The second-order valence-corrected chi connectivity index (χ2v) is 11.4. The zero-order valence-corrected chi connectivity index (χ0v) is 18.9. The first-order valence-corrected chi connectivity index (χ1v) is 12.0. The molecule has 1 heteroatoms. The van der Waals surface area contributed by atoms with E-state index < -0.39 is 0 Å². The number of aliphatic hydroxyl groups is 1. The maximum Gasteiger partial charge on any atom is 0.0758 e. The van der Waals surface area contributed by atoms with E-state index >= 15 is 0 Å². The van der Waals surface area contributed by atoms with Gasteiger partial charge in [0.25, 0.3) is 0 Å². The second-order valence-electron chi connectivity index (χ2n) is 11.4. The minimum atomic E-state index is -0.286. The molecule has 2 fully saturated rings. The summed E-state index contributed by atoms with van der Waals surface area (Å²) < 4.78 is 0. The zero-order valence-electron chi connectivity index (χ0n) is 18.9. The third-order valence-corrected chi connectivity index (χ3v) is 9.30. The van der Waals surface area contributed by atoms with Gasteiger partial charge in [-0.2, -0.15) is 0 Å². The SMILES string of the molecule is CC(C)CCC[C@@H](C)[C@H]1CC[C@H]2C3=CC=C4CC(O)C=C[C@]4(C)[C@H]3CC[C@]12C. The Balaban J connectivity index is 1.54. The van der Waals surface area contributed by atoms with E-state index in [9.17, 15) is 5.11 Å². The normalized spacial score (nSPS) is 43.1. The van der Waals surface area contributed by atoms with E-state index in [-0.39, 0.29) is 11.5 Å². The van der Waals surface area contributed by atoms with Gasteiger partial charge in [0.05, 0.1) is 6.10 Å². The summed E-state index contributed by atoms with van der Waals surface area (Å²) in [5, 5.41) is 10.1. The molecule has 0 radical (unpaired) electrons. The van der Waals surface area contributed by atoms with E-state index in [4.69, 9.17) is 0 Å². The summed E-state index contributed by atoms with van der Waals surface area (Å²) in [6.07, 6.45) is 19.5. The van der Waals surface area contributed by atoms with Crippen LogP contribution in [0.15, 0.2) is 35.5 Å². The molecule has 0 aromatic heterocycles. The second kappa shape index (κ2) is 7.46. The van der Waals surface area contributed by atoms with E-state index in [0.717, 1.165) is 30.1 Å². The summed E-state index contributed by atoms with van der Waals surface area (Å²) >= 11 is 0. The first-order chi connectivity index (χ1) is 13.3. The van der Waals surface area contributed by atoms with Crippen LogP contribution in [-0.2, 0) is 0 Å². The molecule has 0 heterocycles. The van der Waals surface area contributed by atoms with E-state index in [1.807, 2.05) is 0 Å². The van der Waals surface area contributed by atoms with E-state index in [0.29, 0.717) is 11.3 Å². The summed E-state index contributed by atoms with van der Waals surface area (Å²) in [6.45, 7) is 12.3. The molecule has 0 bridgehead atoms. The number of allylic oxidation sites excluding steroid dienone is 4. The molecule has 156 valence electrons. The van der Waals surface area contributed by atoms with Crippen molar-refractivity contribution in [3.05, 3.63) is 35.5 Å². The van der Waals surface area contributed by atoms with E-state index in [1.54, 1.807) is 5.57 Å². The van der Waals surface area contributed by atoms with Crippen LogP contribution < -0.4 is 0 Å². The zero-order chi connectivity index (χ0) is 20.1. The fraction of sp³-hybridized carbons (Fsp3) is 0.778. The summed E-state index contributed by atoms with van der Waals surface area (Å²) in [5.74, 6) is 4.03. The Bertz CT molecular complexity index is 682. The summed E-state index contributed by atoms with van der Waals surface area (Å²) in [7, 11) is 0. The Morgan fingerprint density at radius 1 is 1.04 bits per heavy atom. The molecule has 1 nitrogen and oxygen atoms in total. The standard InChI is InChI=1S/C27H42O/c1-18(2)7-6-8-19(3)23-11-12-24-22-10-9-20-17-21(28)13-15-26(20,4)25(22)14-16-27(23,24)5/h9-10,13,15,18-19,21,23-25,28H,6-8,11-12,14,16-17H2,1-5H3/t19-,21?,23-,24+,25+,26+,27-/m1/s1. The highest BCUT2D eigenvalue weighted by molar-refractivity contribution is 5.42. The van der Waals surface area contributed by atoms with Gasteiger partial charge in [-0.25, -0.2) is 0 Å². The molecule has 4 aliphatic carbocycles. The van der Waals surface area contributed by atoms with Crippen molar-refractivity contribution >= 4 is 0 Å². The Kier molecular flexibility index (Phi) is 5.45. The fourth-order valence-electron chi connectivity index (χ4n) is 7.61. The van der Waals surface area contributed by atoms with Gasteiger partial charge in [-0.15, -0.1) is 0 Å². The summed E-state index contributed by atoms with van der Waals surface area (Å²) in [6, 6.07) is 0. The minimum absolute atomic E-state index is 0.144. The maximum atomic E-state index is 10.1. The Labute approximate surface area is 173 Å². The average Bonchev–Trinajstić information content (AvgIpc) is 2.99.